The standard InChI is InChI=1S/C26H32N4O4S/c1-2-3-4-6-14-28-26(32)22-18-29-23-12-11-20(16-21(23)25(22)31)35(33,34)30-15-7-5-10-24(30)19-9-8-13-27-17-19/h8-9,11-13,16-18,24H,2-7,10,14-15H2,1H3,(H,28,32)(H,29,31)/t24-/m1/s1. The molecule has 1 fully saturated rings. The molecule has 3 heterocycles. The molecule has 0 radical (unpaired) electrons. The van der Waals surface area contributed by atoms with Crippen LogP contribution in [0.4, 0.5) is 0 Å². The summed E-state index contributed by atoms with van der Waals surface area (Å²) in [5, 5.41) is 2.97. The molecule has 4 rings (SSSR count). The van der Waals surface area contributed by atoms with Gasteiger partial charge in [-0.15, -0.1) is 0 Å². The number of aromatic nitrogens is 2. The van der Waals surface area contributed by atoms with Gasteiger partial charge in [0.1, 0.15) is 5.56 Å². The molecule has 1 aliphatic heterocycles. The fourth-order valence-corrected chi connectivity index (χ4v) is 6.32. The smallest absolute Gasteiger partial charge is 0.256 e. The number of sulfonamides is 1. The quantitative estimate of drug-likeness (QED) is 0.432. The summed E-state index contributed by atoms with van der Waals surface area (Å²) in [5.41, 5.74) is 0.835. The molecule has 1 atom stereocenters. The Morgan fingerprint density at radius 3 is 2.83 bits per heavy atom. The van der Waals surface area contributed by atoms with Crippen LogP contribution in [0.5, 0.6) is 0 Å². The highest BCUT2D eigenvalue weighted by molar-refractivity contribution is 7.89. The summed E-state index contributed by atoms with van der Waals surface area (Å²) < 4.78 is 28.9. The van der Waals surface area contributed by atoms with E-state index in [-0.39, 0.29) is 21.9 Å². The molecular formula is C26H32N4O4S. The Labute approximate surface area is 205 Å². The fourth-order valence-electron chi connectivity index (χ4n) is 4.61. The third kappa shape index (κ3) is 5.46. The van der Waals surface area contributed by atoms with Crippen molar-refractivity contribution in [3.05, 3.63) is 70.3 Å². The zero-order chi connectivity index (χ0) is 24.8. The number of hydrogen-bond donors (Lipinski definition) is 2. The normalized spacial score (nSPS) is 16.9. The van der Waals surface area contributed by atoms with Gasteiger partial charge >= 0.3 is 0 Å². The van der Waals surface area contributed by atoms with Gasteiger partial charge in [0.05, 0.1) is 10.9 Å². The Hall–Kier alpha value is -3.04. The number of piperidine rings is 1. The van der Waals surface area contributed by atoms with Crippen molar-refractivity contribution in [3.63, 3.8) is 0 Å². The lowest BCUT2D eigenvalue weighted by molar-refractivity contribution is 0.0951. The average molecular weight is 497 g/mol. The number of rotatable bonds is 9. The number of aromatic amines is 1. The maximum absolute atomic E-state index is 13.7. The van der Waals surface area contributed by atoms with E-state index in [4.69, 9.17) is 0 Å². The van der Waals surface area contributed by atoms with Gasteiger partial charge in [0.2, 0.25) is 15.5 Å². The number of benzene rings is 1. The van der Waals surface area contributed by atoms with Crippen LogP contribution in [0.25, 0.3) is 10.9 Å². The number of hydrogen-bond acceptors (Lipinski definition) is 5. The highest BCUT2D eigenvalue weighted by atomic mass is 32.2. The third-order valence-electron chi connectivity index (χ3n) is 6.54. The van der Waals surface area contributed by atoms with Crippen molar-refractivity contribution >= 4 is 26.8 Å². The van der Waals surface area contributed by atoms with Gasteiger partial charge in [-0.05, 0) is 49.1 Å². The predicted molar refractivity (Wildman–Crippen MR) is 136 cm³/mol. The average Bonchev–Trinajstić information content (AvgIpc) is 2.89. The summed E-state index contributed by atoms with van der Waals surface area (Å²) >= 11 is 0. The molecule has 0 spiro atoms. The predicted octanol–water partition coefficient (Wildman–Crippen LogP) is 4.15. The molecule has 1 amide bonds. The number of unbranched alkanes of at least 4 members (excludes halogenated alkanes) is 3. The molecule has 0 bridgehead atoms. The number of pyridine rings is 2. The van der Waals surface area contributed by atoms with E-state index in [1.807, 2.05) is 6.07 Å². The SMILES string of the molecule is CCCCCCNC(=O)c1c[nH]c2ccc(S(=O)(=O)N3CCCC[C@@H]3c3cccnc3)cc2c1=O. The second-order valence-electron chi connectivity index (χ2n) is 8.97. The van der Waals surface area contributed by atoms with Gasteiger partial charge in [0, 0.05) is 42.6 Å². The number of amides is 1. The van der Waals surface area contributed by atoms with Gasteiger partial charge < -0.3 is 10.3 Å². The Morgan fingerprint density at radius 2 is 2.06 bits per heavy atom. The number of carbonyl (C=O) groups excluding carboxylic acids is 1. The van der Waals surface area contributed by atoms with Crippen LogP contribution in [0.15, 0.2) is 58.6 Å². The zero-order valence-corrected chi connectivity index (χ0v) is 20.8. The molecule has 0 saturated carbocycles. The molecule has 8 nitrogen and oxygen atoms in total. The molecule has 35 heavy (non-hydrogen) atoms. The largest absolute Gasteiger partial charge is 0.360 e. The number of carbonyl (C=O) groups is 1. The summed E-state index contributed by atoms with van der Waals surface area (Å²) in [7, 11) is -3.87. The first-order chi connectivity index (χ1) is 16.9. The van der Waals surface area contributed by atoms with Crippen LogP contribution in [0.1, 0.15) is 73.8 Å². The lowest BCUT2D eigenvalue weighted by Gasteiger charge is -2.34. The minimum Gasteiger partial charge on any atom is -0.360 e. The molecule has 0 unspecified atom stereocenters. The first-order valence-corrected chi connectivity index (χ1v) is 13.7. The van der Waals surface area contributed by atoms with Gasteiger partial charge in [0.15, 0.2) is 0 Å². The molecule has 3 aromatic rings. The summed E-state index contributed by atoms with van der Waals surface area (Å²) in [6.07, 6.45) is 11.2. The number of H-pyrrole nitrogens is 1. The van der Waals surface area contributed by atoms with Crippen molar-refractivity contribution in [2.75, 3.05) is 13.1 Å². The lowest BCUT2D eigenvalue weighted by atomic mass is 9.99. The van der Waals surface area contributed by atoms with Crippen molar-refractivity contribution in [2.45, 2.75) is 62.8 Å². The molecule has 2 N–H and O–H groups in total. The second-order valence-corrected chi connectivity index (χ2v) is 10.9. The second kappa shape index (κ2) is 11.1. The van der Waals surface area contributed by atoms with E-state index >= 15 is 0 Å². The van der Waals surface area contributed by atoms with E-state index in [0.717, 1.165) is 44.1 Å². The minimum atomic E-state index is -3.87. The fraction of sp³-hybridized carbons (Fsp3) is 0.423. The van der Waals surface area contributed by atoms with E-state index in [2.05, 4.69) is 22.2 Å². The third-order valence-corrected chi connectivity index (χ3v) is 8.45. The Balaban J connectivity index is 1.63. The van der Waals surface area contributed by atoms with Crippen LogP contribution in [-0.2, 0) is 10.0 Å². The van der Waals surface area contributed by atoms with Crippen LogP contribution in [0.2, 0.25) is 0 Å². The Morgan fingerprint density at radius 1 is 1.20 bits per heavy atom. The monoisotopic (exact) mass is 496 g/mol. The maximum atomic E-state index is 13.7. The molecular weight excluding hydrogens is 464 g/mol. The van der Waals surface area contributed by atoms with E-state index in [0.29, 0.717) is 25.0 Å². The lowest BCUT2D eigenvalue weighted by Crippen LogP contribution is -2.38. The zero-order valence-electron chi connectivity index (χ0n) is 20.0. The molecule has 1 aromatic carbocycles. The van der Waals surface area contributed by atoms with Crippen molar-refractivity contribution in [1.82, 2.24) is 19.6 Å². The van der Waals surface area contributed by atoms with Gasteiger partial charge in [-0.2, -0.15) is 4.31 Å². The summed E-state index contributed by atoms with van der Waals surface area (Å²) in [6.45, 7) is 3.01. The summed E-state index contributed by atoms with van der Waals surface area (Å²) in [6, 6.07) is 7.87. The Bertz CT molecular complexity index is 1340. The topological polar surface area (TPSA) is 112 Å². The van der Waals surface area contributed by atoms with E-state index in [1.54, 1.807) is 24.5 Å². The molecule has 1 saturated heterocycles. The number of fused-ring (bicyclic) bond motifs is 1. The Kier molecular flexibility index (Phi) is 7.97. The van der Waals surface area contributed by atoms with Crippen molar-refractivity contribution in [3.8, 4) is 0 Å². The molecule has 2 aromatic heterocycles. The van der Waals surface area contributed by atoms with Crippen molar-refractivity contribution < 1.29 is 13.2 Å². The number of nitrogens with one attached hydrogen (secondary N) is 2. The van der Waals surface area contributed by atoms with Crippen LogP contribution in [0.3, 0.4) is 0 Å². The van der Waals surface area contributed by atoms with Gasteiger partial charge in [-0.1, -0.05) is 38.7 Å². The highest BCUT2D eigenvalue weighted by Gasteiger charge is 2.34. The number of nitrogens with zero attached hydrogens (tertiary/aromatic N) is 2. The first-order valence-electron chi connectivity index (χ1n) is 12.3. The van der Waals surface area contributed by atoms with Gasteiger partial charge in [-0.3, -0.25) is 14.6 Å². The molecule has 1 aliphatic rings. The van der Waals surface area contributed by atoms with Gasteiger partial charge in [0.25, 0.3) is 5.91 Å². The van der Waals surface area contributed by atoms with Crippen LogP contribution >= 0.6 is 0 Å². The van der Waals surface area contributed by atoms with Crippen LogP contribution in [-0.4, -0.2) is 41.7 Å². The first kappa shape index (κ1) is 25.1. The van der Waals surface area contributed by atoms with Crippen molar-refractivity contribution in [1.29, 1.82) is 0 Å². The molecule has 0 aliphatic carbocycles. The van der Waals surface area contributed by atoms with Crippen LogP contribution < -0.4 is 10.7 Å². The van der Waals surface area contributed by atoms with Crippen LogP contribution in [0, 0.1) is 0 Å². The highest BCUT2D eigenvalue weighted by Crippen LogP contribution is 2.35. The van der Waals surface area contributed by atoms with E-state index in [1.165, 1.54) is 22.6 Å². The van der Waals surface area contributed by atoms with Crippen molar-refractivity contribution in [2.24, 2.45) is 0 Å². The van der Waals surface area contributed by atoms with E-state index < -0.39 is 21.4 Å². The minimum absolute atomic E-state index is 0.0197. The summed E-state index contributed by atoms with van der Waals surface area (Å²) in [4.78, 5) is 32.9. The molecule has 9 heteroatoms. The molecule has 186 valence electrons. The summed E-state index contributed by atoms with van der Waals surface area (Å²) in [5.74, 6) is -0.453. The maximum Gasteiger partial charge on any atom is 0.256 e. The van der Waals surface area contributed by atoms with E-state index in [9.17, 15) is 18.0 Å². The van der Waals surface area contributed by atoms with Gasteiger partial charge in [-0.25, -0.2) is 8.42 Å².